The molecule has 20 heavy (non-hydrogen) atoms. The van der Waals surface area contributed by atoms with Gasteiger partial charge in [-0.3, -0.25) is 0 Å². The van der Waals surface area contributed by atoms with Gasteiger partial charge in [-0.25, -0.2) is 4.98 Å². The number of pyridine rings is 1. The Morgan fingerprint density at radius 2 is 1.75 bits per heavy atom. The van der Waals surface area contributed by atoms with Crippen molar-refractivity contribution in [2.75, 3.05) is 13.2 Å². The molecule has 1 N–H and O–H groups in total. The van der Waals surface area contributed by atoms with Gasteiger partial charge in [0.15, 0.2) is 11.5 Å². The highest BCUT2D eigenvalue weighted by atomic mass is 35.5. The number of ether oxygens (including phenoxy) is 2. The Bertz CT molecular complexity index is 614. The molecule has 5 heteroatoms. The van der Waals surface area contributed by atoms with E-state index in [0.29, 0.717) is 40.9 Å². The smallest absolute Gasteiger partial charge is 0.163 e. The zero-order valence-corrected chi connectivity index (χ0v) is 12.6. The summed E-state index contributed by atoms with van der Waals surface area (Å²) in [5.41, 5.74) is 1.32. The molecule has 0 aliphatic carbocycles. The molecule has 2 rings (SSSR count). The van der Waals surface area contributed by atoms with E-state index < -0.39 is 6.10 Å². The number of halogens is 1. The van der Waals surface area contributed by atoms with E-state index >= 15 is 0 Å². The van der Waals surface area contributed by atoms with Crippen LogP contribution in [0.15, 0.2) is 18.2 Å². The van der Waals surface area contributed by atoms with Gasteiger partial charge in [-0.1, -0.05) is 11.6 Å². The Labute approximate surface area is 123 Å². The Morgan fingerprint density at radius 3 is 2.30 bits per heavy atom. The number of rotatable bonds is 5. The number of benzene rings is 1. The molecule has 0 radical (unpaired) electrons. The van der Waals surface area contributed by atoms with Crippen molar-refractivity contribution in [3.05, 3.63) is 28.9 Å². The van der Waals surface area contributed by atoms with Crippen LogP contribution in [-0.2, 0) is 0 Å². The number of hydrogen-bond acceptors (Lipinski definition) is 4. The molecule has 0 fully saturated rings. The molecule has 0 saturated carbocycles. The van der Waals surface area contributed by atoms with E-state index in [4.69, 9.17) is 21.1 Å². The minimum Gasteiger partial charge on any atom is -0.490 e. The first-order chi connectivity index (χ1) is 9.56. The Hall–Kier alpha value is -1.52. The third-order valence-electron chi connectivity index (χ3n) is 2.91. The van der Waals surface area contributed by atoms with Gasteiger partial charge in [-0.05, 0) is 32.9 Å². The van der Waals surface area contributed by atoms with Crippen LogP contribution in [0.3, 0.4) is 0 Å². The molecule has 1 heterocycles. The van der Waals surface area contributed by atoms with Crippen molar-refractivity contribution in [1.82, 2.24) is 4.98 Å². The molecule has 1 aromatic carbocycles. The van der Waals surface area contributed by atoms with E-state index in [9.17, 15) is 5.11 Å². The Balaban J connectivity index is 2.61. The molecule has 0 unspecified atom stereocenters. The maximum absolute atomic E-state index is 9.70. The van der Waals surface area contributed by atoms with E-state index in [1.807, 2.05) is 32.0 Å². The summed E-state index contributed by atoms with van der Waals surface area (Å²) in [5.74, 6) is 1.32. The van der Waals surface area contributed by atoms with Gasteiger partial charge in [0.2, 0.25) is 0 Å². The molecule has 1 aromatic heterocycles. The van der Waals surface area contributed by atoms with Crippen LogP contribution in [0.5, 0.6) is 11.5 Å². The molecule has 1 atom stereocenters. The summed E-state index contributed by atoms with van der Waals surface area (Å²) in [6, 6.07) is 5.49. The highest BCUT2D eigenvalue weighted by molar-refractivity contribution is 6.30. The minimum absolute atomic E-state index is 0.305. The molecule has 108 valence electrons. The van der Waals surface area contributed by atoms with Crippen LogP contribution >= 0.6 is 11.6 Å². The van der Waals surface area contributed by atoms with E-state index in [2.05, 4.69) is 4.98 Å². The van der Waals surface area contributed by atoms with Gasteiger partial charge < -0.3 is 14.6 Å². The minimum atomic E-state index is -0.665. The second kappa shape index (κ2) is 6.29. The van der Waals surface area contributed by atoms with Crippen molar-refractivity contribution in [3.63, 3.8) is 0 Å². The fraction of sp³-hybridized carbons (Fsp3) is 0.400. The lowest BCUT2D eigenvalue weighted by atomic mass is 10.1. The van der Waals surface area contributed by atoms with Gasteiger partial charge in [0.1, 0.15) is 5.15 Å². The van der Waals surface area contributed by atoms with Gasteiger partial charge in [-0.2, -0.15) is 0 Å². The molecular weight excluding hydrogens is 278 g/mol. The van der Waals surface area contributed by atoms with Crippen LogP contribution in [0.1, 0.15) is 32.4 Å². The van der Waals surface area contributed by atoms with Gasteiger partial charge in [0, 0.05) is 17.0 Å². The number of nitrogens with zero attached hydrogens (tertiary/aromatic N) is 1. The molecule has 0 spiro atoms. The summed E-state index contributed by atoms with van der Waals surface area (Å²) in [6.45, 7) is 6.59. The lowest BCUT2D eigenvalue weighted by Crippen LogP contribution is -2.00. The van der Waals surface area contributed by atoms with Crippen LogP contribution in [0.4, 0.5) is 0 Å². The van der Waals surface area contributed by atoms with Crippen molar-refractivity contribution >= 4 is 22.5 Å². The van der Waals surface area contributed by atoms with Crippen molar-refractivity contribution in [1.29, 1.82) is 0 Å². The monoisotopic (exact) mass is 295 g/mol. The van der Waals surface area contributed by atoms with Crippen LogP contribution in [0.2, 0.25) is 5.15 Å². The first-order valence-corrected chi connectivity index (χ1v) is 7.02. The Kier molecular flexibility index (Phi) is 4.68. The summed E-state index contributed by atoms with van der Waals surface area (Å²) >= 11 is 6.09. The zero-order valence-electron chi connectivity index (χ0n) is 11.8. The van der Waals surface area contributed by atoms with E-state index in [-0.39, 0.29) is 0 Å². The number of hydrogen-bond donors (Lipinski definition) is 1. The standard InChI is InChI=1S/C15H18ClNO3/c1-4-19-13-7-10-6-11(9(3)18)15(16)17-12(10)8-14(13)20-5-2/h6-9,18H,4-5H2,1-3H3/t9-/m1/s1. The summed E-state index contributed by atoms with van der Waals surface area (Å²) in [5, 5.41) is 10.9. The van der Waals surface area contributed by atoms with E-state index in [1.54, 1.807) is 6.92 Å². The molecule has 4 nitrogen and oxygen atoms in total. The maximum atomic E-state index is 9.70. The predicted molar refractivity (Wildman–Crippen MR) is 79.7 cm³/mol. The number of fused-ring (bicyclic) bond motifs is 1. The molecule has 0 aliphatic rings. The average Bonchev–Trinajstić information content (AvgIpc) is 2.39. The fourth-order valence-corrected chi connectivity index (χ4v) is 2.31. The van der Waals surface area contributed by atoms with Crippen LogP contribution < -0.4 is 9.47 Å². The van der Waals surface area contributed by atoms with Crippen molar-refractivity contribution in [2.45, 2.75) is 26.9 Å². The molecule has 0 aliphatic heterocycles. The lowest BCUT2D eigenvalue weighted by Gasteiger charge is -2.13. The largest absolute Gasteiger partial charge is 0.490 e. The zero-order chi connectivity index (χ0) is 14.7. The topological polar surface area (TPSA) is 51.6 Å². The Morgan fingerprint density at radius 1 is 1.15 bits per heavy atom. The van der Waals surface area contributed by atoms with Crippen molar-refractivity contribution in [2.24, 2.45) is 0 Å². The van der Waals surface area contributed by atoms with Gasteiger partial charge in [0.05, 0.1) is 24.8 Å². The number of aliphatic hydroxyl groups is 1. The molecule has 2 aromatic rings. The maximum Gasteiger partial charge on any atom is 0.163 e. The van der Waals surface area contributed by atoms with Crippen molar-refractivity contribution < 1.29 is 14.6 Å². The molecular formula is C15H18ClNO3. The van der Waals surface area contributed by atoms with E-state index in [0.717, 1.165) is 5.39 Å². The summed E-state index contributed by atoms with van der Waals surface area (Å²) < 4.78 is 11.1. The predicted octanol–water partition coefficient (Wildman–Crippen LogP) is 3.74. The second-order valence-corrected chi connectivity index (χ2v) is 4.76. The molecule has 0 bridgehead atoms. The average molecular weight is 296 g/mol. The highest BCUT2D eigenvalue weighted by Crippen LogP contribution is 2.34. The van der Waals surface area contributed by atoms with Crippen LogP contribution in [0.25, 0.3) is 10.9 Å². The van der Waals surface area contributed by atoms with Crippen molar-refractivity contribution in [3.8, 4) is 11.5 Å². The van der Waals surface area contributed by atoms with E-state index in [1.165, 1.54) is 0 Å². The summed E-state index contributed by atoms with van der Waals surface area (Å²) in [7, 11) is 0. The third kappa shape index (κ3) is 2.97. The second-order valence-electron chi connectivity index (χ2n) is 4.40. The number of aromatic nitrogens is 1. The summed E-state index contributed by atoms with van der Waals surface area (Å²) in [4.78, 5) is 4.31. The fourth-order valence-electron chi connectivity index (χ4n) is 2.00. The first kappa shape index (κ1) is 14.9. The lowest BCUT2D eigenvalue weighted by molar-refractivity contribution is 0.199. The summed E-state index contributed by atoms with van der Waals surface area (Å²) in [6.07, 6.45) is -0.665. The van der Waals surface area contributed by atoms with Gasteiger partial charge >= 0.3 is 0 Å². The number of aliphatic hydroxyl groups excluding tert-OH is 1. The quantitative estimate of drug-likeness (QED) is 0.854. The van der Waals surface area contributed by atoms with Gasteiger partial charge in [-0.15, -0.1) is 0 Å². The first-order valence-electron chi connectivity index (χ1n) is 6.64. The van der Waals surface area contributed by atoms with Gasteiger partial charge in [0.25, 0.3) is 0 Å². The normalized spacial score (nSPS) is 12.4. The highest BCUT2D eigenvalue weighted by Gasteiger charge is 2.13. The third-order valence-corrected chi connectivity index (χ3v) is 3.21. The SMILES string of the molecule is CCOc1cc2cc([C@@H](C)O)c(Cl)nc2cc1OCC. The van der Waals surface area contributed by atoms with Crippen LogP contribution in [-0.4, -0.2) is 23.3 Å². The molecule has 0 amide bonds. The van der Waals surface area contributed by atoms with Crippen LogP contribution in [0, 0.1) is 0 Å². The molecule has 0 saturated heterocycles.